The van der Waals surface area contributed by atoms with Crippen molar-refractivity contribution in [3.05, 3.63) is 51.3 Å². The highest BCUT2D eigenvalue weighted by Gasteiger charge is 2.24. The minimum Gasteiger partial charge on any atom is -0.460 e. The van der Waals surface area contributed by atoms with E-state index in [1.165, 1.54) is 6.07 Å². The Morgan fingerprint density at radius 1 is 1.42 bits per heavy atom. The van der Waals surface area contributed by atoms with Gasteiger partial charge in [-0.3, -0.25) is 4.98 Å². The second-order valence-electron chi connectivity index (χ2n) is 5.05. The summed E-state index contributed by atoms with van der Waals surface area (Å²) >= 11 is 2.03. The molecular weight excluding hydrogens is 426 g/mol. The van der Waals surface area contributed by atoms with E-state index in [9.17, 15) is 9.18 Å². The molecule has 3 rings (SSSR count). The van der Waals surface area contributed by atoms with Crippen molar-refractivity contribution in [3.8, 4) is 0 Å². The number of nitrogens with one attached hydrogen (secondary N) is 1. The largest absolute Gasteiger partial charge is 0.460 e. The Labute approximate surface area is 151 Å². The molecule has 0 unspecified atom stereocenters. The summed E-state index contributed by atoms with van der Waals surface area (Å²) in [5, 5.41) is 3.58. The molecule has 0 fully saturated rings. The van der Waals surface area contributed by atoms with E-state index in [2.05, 4.69) is 10.3 Å². The fourth-order valence-electron chi connectivity index (χ4n) is 2.39. The monoisotopic (exact) mass is 440 g/mol. The fraction of sp³-hybridized carbons (Fsp3) is 0.176. The van der Waals surface area contributed by atoms with Crippen LogP contribution in [0, 0.1) is 16.3 Å². The number of fused-ring (bicyclic) bond motifs is 1. The summed E-state index contributed by atoms with van der Waals surface area (Å²) in [6, 6.07) is 6.43. The zero-order chi connectivity index (χ0) is 17.3. The lowest BCUT2D eigenvalue weighted by molar-refractivity contribution is 0.0494. The SMILES string of the molecule is CCOC(=O)c1oc2ccnc(C)c2c1Nc1ccc(I)cc1F. The molecule has 0 aliphatic heterocycles. The van der Waals surface area contributed by atoms with Crippen molar-refractivity contribution in [1.29, 1.82) is 0 Å². The molecule has 0 saturated carbocycles. The van der Waals surface area contributed by atoms with Gasteiger partial charge in [-0.05, 0) is 60.7 Å². The van der Waals surface area contributed by atoms with Gasteiger partial charge >= 0.3 is 5.97 Å². The Hall–Kier alpha value is -2.16. The number of ether oxygens (including phenoxy) is 1. The predicted octanol–water partition coefficient (Wildman–Crippen LogP) is 4.80. The molecule has 1 N–H and O–H groups in total. The number of rotatable bonds is 4. The van der Waals surface area contributed by atoms with E-state index in [0.717, 1.165) is 3.57 Å². The molecule has 2 aromatic heterocycles. The molecule has 0 aliphatic carbocycles. The summed E-state index contributed by atoms with van der Waals surface area (Å²) in [6.45, 7) is 3.71. The van der Waals surface area contributed by atoms with Crippen LogP contribution in [0.2, 0.25) is 0 Å². The highest BCUT2D eigenvalue weighted by molar-refractivity contribution is 14.1. The molecule has 0 spiro atoms. The molecule has 0 saturated heterocycles. The van der Waals surface area contributed by atoms with Crippen LogP contribution in [0.4, 0.5) is 15.8 Å². The molecule has 1 aromatic carbocycles. The minimum absolute atomic E-state index is 0.000833. The summed E-state index contributed by atoms with van der Waals surface area (Å²) in [6.07, 6.45) is 1.59. The van der Waals surface area contributed by atoms with Crippen LogP contribution in [0.5, 0.6) is 0 Å². The van der Waals surface area contributed by atoms with Gasteiger partial charge in [-0.2, -0.15) is 0 Å². The van der Waals surface area contributed by atoms with E-state index in [1.807, 2.05) is 22.6 Å². The van der Waals surface area contributed by atoms with Crippen molar-refractivity contribution < 1.29 is 18.3 Å². The Bertz CT molecular complexity index is 924. The number of pyridine rings is 1. The maximum absolute atomic E-state index is 14.2. The second kappa shape index (κ2) is 6.76. The van der Waals surface area contributed by atoms with Gasteiger partial charge in [-0.25, -0.2) is 9.18 Å². The van der Waals surface area contributed by atoms with Crippen molar-refractivity contribution in [2.24, 2.45) is 0 Å². The van der Waals surface area contributed by atoms with Crippen LogP contribution in [0.15, 0.2) is 34.9 Å². The van der Waals surface area contributed by atoms with Crippen LogP contribution < -0.4 is 5.32 Å². The van der Waals surface area contributed by atoms with Gasteiger partial charge in [0, 0.05) is 9.77 Å². The van der Waals surface area contributed by atoms with Crippen LogP contribution in [-0.4, -0.2) is 17.6 Å². The number of furan rings is 1. The standard InChI is InChI=1S/C17H14FIN2O3/c1-3-23-17(22)16-15(14-9(2)20-7-6-13(14)24-16)21-12-5-4-10(19)8-11(12)18/h4-8,21H,3H2,1-2H3. The van der Waals surface area contributed by atoms with Gasteiger partial charge in [-0.1, -0.05) is 0 Å². The summed E-state index contributed by atoms with van der Waals surface area (Å²) < 4.78 is 25.6. The number of aromatic nitrogens is 1. The van der Waals surface area contributed by atoms with Crippen LogP contribution in [-0.2, 0) is 4.74 Å². The second-order valence-corrected chi connectivity index (χ2v) is 6.29. The molecule has 7 heteroatoms. The topological polar surface area (TPSA) is 64.4 Å². The first-order valence-electron chi connectivity index (χ1n) is 7.28. The maximum Gasteiger partial charge on any atom is 0.376 e. The minimum atomic E-state index is -0.610. The average Bonchev–Trinajstić information content (AvgIpc) is 2.90. The lowest BCUT2D eigenvalue weighted by Gasteiger charge is -2.09. The van der Waals surface area contributed by atoms with Gasteiger partial charge < -0.3 is 14.5 Å². The molecule has 2 heterocycles. The van der Waals surface area contributed by atoms with E-state index in [0.29, 0.717) is 22.4 Å². The van der Waals surface area contributed by atoms with Gasteiger partial charge in [-0.15, -0.1) is 0 Å². The summed E-state index contributed by atoms with van der Waals surface area (Å²) in [5.74, 6) is -1.03. The molecule has 3 aromatic rings. The lowest BCUT2D eigenvalue weighted by atomic mass is 10.2. The summed E-state index contributed by atoms with van der Waals surface area (Å²) in [7, 11) is 0. The Balaban J connectivity index is 2.16. The normalized spacial score (nSPS) is 10.8. The first kappa shape index (κ1) is 16.7. The van der Waals surface area contributed by atoms with Crippen molar-refractivity contribution in [2.45, 2.75) is 13.8 Å². The Kier molecular flexibility index (Phi) is 4.70. The molecule has 0 atom stereocenters. The predicted molar refractivity (Wildman–Crippen MR) is 97.1 cm³/mol. The zero-order valence-corrected chi connectivity index (χ0v) is 15.2. The third-order valence-electron chi connectivity index (χ3n) is 3.44. The van der Waals surface area contributed by atoms with Gasteiger partial charge in [0.25, 0.3) is 0 Å². The van der Waals surface area contributed by atoms with Crippen LogP contribution in [0.3, 0.4) is 0 Å². The molecule has 0 radical (unpaired) electrons. The maximum atomic E-state index is 14.2. The summed E-state index contributed by atoms with van der Waals surface area (Å²) in [4.78, 5) is 16.4. The first-order valence-corrected chi connectivity index (χ1v) is 8.36. The highest BCUT2D eigenvalue weighted by Crippen LogP contribution is 2.35. The van der Waals surface area contributed by atoms with Crippen LogP contribution in [0.25, 0.3) is 11.0 Å². The number of nitrogens with zero attached hydrogens (tertiary/aromatic N) is 1. The number of carbonyl (C=O) groups is 1. The van der Waals surface area contributed by atoms with Crippen molar-refractivity contribution in [1.82, 2.24) is 4.98 Å². The van der Waals surface area contributed by atoms with Crippen molar-refractivity contribution in [3.63, 3.8) is 0 Å². The van der Waals surface area contributed by atoms with Gasteiger partial charge in [0.15, 0.2) is 0 Å². The molecule has 124 valence electrons. The number of carbonyl (C=O) groups excluding carboxylic acids is 1. The van der Waals surface area contributed by atoms with Gasteiger partial charge in [0.2, 0.25) is 5.76 Å². The number of benzene rings is 1. The molecule has 5 nitrogen and oxygen atoms in total. The molecular formula is C17H14FIN2O3. The van der Waals surface area contributed by atoms with E-state index in [-0.39, 0.29) is 18.1 Å². The number of hydrogen-bond acceptors (Lipinski definition) is 5. The molecule has 0 amide bonds. The third kappa shape index (κ3) is 3.08. The van der Waals surface area contributed by atoms with Crippen molar-refractivity contribution in [2.75, 3.05) is 11.9 Å². The van der Waals surface area contributed by atoms with Crippen LogP contribution >= 0.6 is 22.6 Å². The number of aryl methyl sites for hydroxylation is 1. The van der Waals surface area contributed by atoms with Crippen molar-refractivity contribution >= 4 is 50.9 Å². The Morgan fingerprint density at radius 2 is 2.21 bits per heavy atom. The van der Waals surface area contributed by atoms with E-state index in [1.54, 1.807) is 38.2 Å². The molecule has 0 aliphatic rings. The van der Waals surface area contributed by atoms with Gasteiger partial charge in [0.05, 0.1) is 23.4 Å². The number of anilines is 2. The number of hydrogen-bond donors (Lipinski definition) is 1. The van der Waals surface area contributed by atoms with E-state index in [4.69, 9.17) is 9.15 Å². The fourth-order valence-corrected chi connectivity index (χ4v) is 2.84. The average molecular weight is 440 g/mol. The third-order valence-corrected chi connectivity index (χ3v) is 4.11. The molecule has 24 heavy (non-hydrogen) atoms. The smallest absolute Gasteiger partial charge is 0.376 e. The van der Waals surface area contributed by atoms with E-state index >= 15 is 0 Å². The Morgan fingerprint density at radius 3 is 2.92 bits per heavy atom. The summed E-state index contributed by atoms with van der Waals surface area (Å²) in [5.41, 5.74) is 1.75. The highest BCUT2D eigenvalue weighted by atomic mass is 127. The first-order chi connectivity index (χ1) is 11.5. The quantitative estimate of drug-likeness (QED) is 0.467. The lowest BCUT2D eigenvalue weighted by Crippen LogP contribution is -2.06. The van der Waals surface area contributed by atoms with Crippen LogP contribution in [0.1, 0.15) is 23.2 Å². The number of halogens is 2. The number of esters is 1. The van der Waals surface area contributed by atoms with E-state index < -0.39 is 11.8 Å². The molecule has 0 bridgehead atoms. The van der Waals surface area contributed by atoms with Gasteiger partial charge in [0.1, 0.15) is 17.1 Å². The zero-order valence-electron chi connectivity index (χ0n) is 13.0.